The molecule has 4 rings (SSSR count). The zero-order chi connectivity index (χ0) is 17.7. The quantitative estimate of drug-likeness (QED) is 0.573. The van der Waals surface area contributed by atoms with E-state index in [4.69, 9.17) is 0 Å². The van der Waals surface area contributed by atoms with Gasteiger partial charge < -0.3 is 4.98 Å². The molecule has 0 fully saturated rings. The van der Waals surface area contributed by atoms with Crippen LogP contribution in [-0.2, 0) is 0 Å². The van der Waals surface area contributed by atoms with Crippen LogP contribution in [0.2, 0.25) is 0 Å². The van der Waals surface area contributed by atoms with Gasteiger partial charge in [0.05, 0.1) is 22.2 Å². The lowest BCUT2D eigenvalue weighted by Crippen LogP contribution is -2.18. The molecule has 2 aromatic heterocycles. The molecule has 2 aromatic carbocycles. The van der Waals surface area contributed by atoms with Crippen molar-refractivity contribution in [2.75, 3.05) is 0 Å². The Morgan fingerprint density at radius 1 is 1.12 bits per heavy atom. The van der Waals surface area contributed by atoms with Crippen LogP contribution in [0.3, 0.4) is 0 Å². The number of pyridine rings is 1. The lowest BCUT2D eigenvalue weighted by molar-refractivity contribution is 0.584. The number of nitriles is 1. The van der Waals surface area contributed by atoms with E-state index in [2.05, 4.69) is 11.1 Å². The first kappa shape index (κ1) is 15.1. The summed E-state index contributed by atoms with van der Waals surface area (Å²) in [5.41, 5.74) is 2.07. The van der Waals surface area contributed by atoms with Gasteiger partial charge in [-0.1, -0.05) is 12.1 Å². The van der Waals surface area contributed by atoms with Crippen molar-refractivity contribution in [2.45, 2.75) is 6.92 Å². The van der Waals surface area contributed by atoms with Gasteiger partial charge in [-0.05, 0) is 42.3 Å². The van der Waals surface area contributed by atoms with Crippen LogP contribution in [0.4, 0.5) is 8.78 Å². The molecule has 122 valence electrons. The van der Waals surface area contributed by atoms with Crippen LogP contribution in [0.5, 0.6) is 0 Å². The molecule has 25 heavy (non-hydrogen) atoms. The molecule has 2 heterocycles. The summed E-state index contributed by atoms with van der Waals surface area (Å²) in [7, 11) is 0. The Balaban J connectivity index is 2.25. The minimum absolute atomic E-state index is 0.108. The van der Waals surface area contributed by atoms with E-state index >= 15 is 0 Å². The average Bonchev–Trinajstić information content (AvgIpc) is 2.93. The van der Waals surface area contributed by atoms with Gasteiger partial charge in [-0.3, -0.25) is 9.20 Å². The van der Waals surface area contributed by atoms with E-state index in [1.807, 2.05) is 6.07 Å². The predicted molar refractivity (Wildman–Crippen MR) is 90.3 cm³/mol. The molecule has 0 saturated heterocycles. The second-order valence-corrected chi connectivity index (χ2v) is 5.78. The Morgan fingerprint density at radius 2 is 1.80 bits per heavy atom. The van der Waals surface area contributed by atoms with Crippen molar-refractivity contribution >= 4 is 16.7 Å². The van der Waals surface area contributed by atoms with Gasteiger partial charge in [-0.2, -0.15) is 5.26 Å². The van der Waals surface area contributed by atoms with Gasteiger partial charge in [0.2, 0.25) is 0 Å². The third-order valence-electron chi connectivity index (χ3n) is 4.29. The molecule has 0 bridgehead atoms. The van der Waals surface area contributed by atoms with Crippen LogP contribution < -0.4 is 5.56 Å². The molecule has 0 aliphatic carbocycles. The Kier molecular flexibility index (Phi) is 3.19. The number of benzene rings is 2. The number of imidazole rings is 1. The first-order chi connectivity index (χ1) is 12.0. The third kappa shape index (κ3) is 2.13. The van der Waals surface area contributed by atoms with Crippen LogP contribution >= 0.6 is 0 Å². The van der Waals surface area contributed by atoms with Gasteiger partial charge in [0, 0.05) is 6.07 Å². The molecule has 0 aliphatic heterocycles. The van der Waals surface area contributed by atoms with Gasteiger partial charge in [-0.15, -0.1) is 0 Å². The van der Waals surface area contributed by atoms with Crippen LogP contribution in [0.1, 0.15) is 11.1 Å². The Labute approximate surface area is 140 Å². The number of H-pyrrole nitrogens is 1. The molecule has 4 nitrogen and oxygen atoms in total. The molecule has 6 heteroatoms. The number of para-hydroxylation sites is 2. The summed E-state index contributed by atoms with van der Waals surface area (Å²) >= 11 is 0. The highest BCUT2D eigenvalue weighted by molar-refractivity contribution is 5.85. The maximum absolute atomic E-state index is 13.6. The number of nitrogens with zero attached hydrogens (tertiary/aromatic N) is 2. The van der Waals surface area contributed by atoms with E-state index in [9.17, 15) is 18.8 Å². The zero-order valence-corrected chi connectivity index (χ0v) is 13.1. The highest BCUT2D eigenvalue weighted by Crippen LogP contribution is 2.28. The lowest BCUT2D eigenvalue weighted by atomic mass is 9.98. The summed E-state index contributed by atoms with van der Waals surface area (Å²) in [5.74, 6) is -1.56. The summed E-state index contributed by atoms with van der Waals surface area (Å²) in [6.45, 7) is 1.60. The number of hydrogen-bond acceptors (Lipinski definition) is 2. The maximum atomic E-state index is 13.6. The van der Waals surface area contributed by atoms with Crippen molar-refractivity contribution in [2.24, 2.45) is 0 Å². The van der Waals surface area contributed by atoms with Gasteiger partial charge in [0.1, 0.15) is 23.4 Å². The average molecular weight is 335 g/mol. The molecular weight excluding hydrogens is 324 g/mol. The summed E-state index contributed by atoms with van der Waals surface area (Å²) in [5, 5.41) is 9.58. The number of nitrogens with one attached hydrogen (secondary N) is 1. The van der Waals surface area contributed by atoms with Gasteiger partial charge in [-0.25, -0.2) is 8.78 Å². The van der Waals surface area contributed by atoms with Crippen molar-refractivity contribution in [3.63, 3.8) is 0 Å². The number of aromatic amines is 1. The van der Waals surface area contributed by atoms with Crippen LogP contribution in [-0.4, -0.2) is 9.38 Å². The van der Waals surface area contributed by atoms with Crippen LogP contribution in [0, 0.1) is 29.9 Å². The smallest absolute Gasteiger partial charge is 0.265 e. The maximum Gasteiger partial charge on any atom is 0.265 e. The fraction of sp³-hybridized carbons (Fsp3) is 0.0526. The fourth-order valence-electron chi connectivity index (χ4n) is 3.21. The van der Waals surface area contributed by atoms with Crippen molar-refractivity contribution in [3.05, 3.63) is 75.6 Å². The van der Waals surface area contributed by atoms with E-state index in [0.29, 0.717) is 22.2 Å². The van der Waals surface area contributed by atoms with Crippen molar-refractivity contribution in [1.82, 2.24) is 9.38 Å². The number of rotatable bonds is 1. The predicted octanol–water partition coefficient (Wildman–Crippen LogP) is 3.91. The molecule has 0 unspecified atom stereocenters. The van der Waals surface area contributed by atoms with Crippen molar-refractivity contribution in [1.29, 1.82) is 5.26 Å². The van der Waals surface area contributed by atoms with E-state index in [-0.39, 0.29) is 16.7 Å². The highest BCUT2D eigenvalue weighted by Gasteiger charge is 2.20. The zero-order valence-electron chi connectivity index (χ0n) is 13.1. The first-order valence-corrected chi connectivity index (χ1v) is 7.54. The SMILES string of the molecule is Cc1c(-c2cc(F)cc(F)c2)c(=O)n2c([nH]c3ccccc32)c1C#N. The van der Waals surface area contributed by atoms with Gasteiger partial charge >= 0.3 is 0 Å². The molecular formula is C19H11F2N3O. The monoisotopic (exact) mass is 335 g/mol. The van der Waals surface area contributed by atoms with Crippen LogP contribution in [0.25, 0.3) is 27.8 Å². The molecule has 0 radical (unpaired) electrons. The highest BCUT2D eigenvalue weighted by atomic mass is 19.1. The third-order valence-corrected chi connectivity index (χ3v) is 4.29. The second-order valence-electron chi connectivity index (χ2n) is 5.78. The number of halogens is 2. The van der Waals surface area contributed by atoms with Crippen molar-refractivity contribution < 1.29 is 8.78 Å². The van der Waals surface area contributed by atoms with E-state index in [1.165, 1.54) is 4.40 Å². The minimum atomic E-state index is -0.781. The number of fused-ring (bicyclic) bond motifs is 3. The van der Waals surface area contributed by atoms with Crippen LogP contribution in [0.15, 0.2) is 47.3 Å². The van der Waals surface area contributed by atoms with E-state index in [0.717, 1.165) is 18.2 Å². The van der Waals surface area contributed by atoms with Gasteiger partial charge in [0.25, 0.3) is 5.56 Å². The molecule has 4 aromatic rings. The summed E-state index contributed by atoms with van der Waals surface area (Å²) in [6, 6.07) is 12.1. The van der Waals surface area contributed by atoms with E-state index < -0.39 is 17.2 Å². The van der Waals surface area contributed by atoms with Crippen molar-refractivity contribution in [3.8, 4) is 17.2 Å². The molecule has 0 aliphatic rings. The first-order valence-electron chi connectivity index (χ1n) is 7.54. The molecule has 1 N–H and O–H groups in total. The Hall–Kier alpha value is -3.46. The number of hydrogen-bond donors (Lipinski definition) is 1. The van der Waals surface area contributed by atoms with E-state index in [1.54, 1.807) is 25.1 Å². The van der Waals surface area contributed by atoms with Gasteiger partial charge in [0.15, 0.2) is 0 Å². The standard InChI is InChI=1S/C19H11F2N3O/c1-10-14(9-22)18-23-15-4-2-3-5-16(15)24(18)19(25)17(10)11-6-12(20)8-13(21)7-11/h2-8,23H,1H3. The summed E-state index contributed by atoms with van der Waals surface area (Å²) in [4.78, 5) is 16.2. The Bertz CT molecular complexity index is 1240. The molecule has 0 atom stereocenters. The molecule has 0 saturated carbocycles. The largest absolute Gasteiger partial charge is 0.338 e. The summed E-state index contributed by atoms with van der Waals surface area (Å²) in [6.07, 6.45) is 0. The molecule has 0 spiro atoms. The fourth-order valence-corrected chi connectivity index (χ4v) is 3.21. The second kappa shape index (κ2) is 5.28. The lowest BCUT2D eigenvalue weighted by Gasteiger charge is -2.09. The summed E-state index contributed by atoms with van der Waals surface area (Å²) < 4.78 is 28.7. The minimum Gasteiger partial charge on any atom is -0.338 e. The molecule has 0 amide bonds. The normalized spacial score (nSPS) is 11.1. The topological polar surface area (TPSA) is 61.1 Å². The Morgan fingerprint density at radius 3 is 2.48 bits per heavy atom. The number of aromatic nitrogens is 2.